The molecule has 0 bridgehead atoms. The first-order valence-corrected chi connectivity index (χ1v) is 48.9. The molecule has 0 spiro atoms. The van der Waals surface area contributed by atoms with E-state index in [1.807, 2.05) is 86.9 Å². The first kappa shape index (κ1) is 113. The number of aliphatic hydroxyl groups is 7. The van der Waals surface area contributed by atoms with Gasteiger partial charge in [-0.3, -0.25) is 19.6 Å². The van der Waals surface area contributed by atoms with Crippen LogP contribution in [0, 0.1) is 0 Å². The molecule has 0 aliphatic carbocycles. The summed E-state index contributed by atoms with van der Waals surface area (Å²) in [5.41, 5.74) is 29.3. The number of fused-ring (bicyclic) bond motifs is 16. The number of methoxy groups -OCH3 is 8. The molecule has 16 aromatic rings. The summed E-state index contributed by atoms with van der Waals surface area (Å²) in [6, 6.07) is 75.4. The third-order valence-electron chi connectivity index (χ3n) is 28.3. The van der Waals surface area contributed by atoms with E-state index in [1.165, 1.54) is 78.1 Å². The van der Waals surface area contributed by atoms with Gasteiger partial charge in [-0.05, 0) is 275 Å². The van der Waals surface area contributed by atoms with Crippen LogP contribution in [0.15, 0.2) is 223 Å². The van der Waals surface area contributed by atoms with Gasteiger partial charge in [-0.25, -0.2) is 18.3 Å². The molecule has 4 aromatic heterocycles. The molecule has 8 heterocycles. The Labute approximate surface area is 923 Å². The molecule has 28 heteroatoms. The van der Waals surface area contributed by atoms with E-state index in [4.69, 9.17) is 37.9 Å². The summed E-state index contributed by atoms with van der Waals surface area (Å²) in [6.45, 7) is 2.60. The number of aryl methyl sites for hydroxylation is 2. The van der Waals surface area contributed by atoms with E-state index in [0.29, 0.717) is 6.42 Å². The zero-order chi connectivity index (χ0) is 101. The summed E-state index contributed by atoms with van der Waals surface area (Å²) < 4.78 is 54.9. The van der Waals surface area contributed by atoms with Crippen LogP contribution in [-0.4, -0.2) is 149 Å². The number of aromatic nitrogens is 4. The van der Waals surface area contributed by atoms with Gasteiger partial charge in [-0.2, -0.15) is 0 Å². The van der Waals surface area contributed by atoms with Crippen LogP contribution in [0.2, 0.25) is 0 Å². The van der Waals surface area contributed by atoms with Gasteiger partial charge in [-0.15, -0.1) is 12.6 Å². The second-order valence-electron chi connectivity index (χ2n) is 37.7. The minimum absolute atomic E-state index is 0. The Hall–Kier alpha value is -11.3. The monoisotopic (exact) mass is 2680 g/mol. The fraction of sp³-hybridized carbons (Fsp3) is 0.294. The number of aliphatic hydroxyl groups excluding tert-OH is 7. The number of hydrogen-bond donors (Lipinski definition) is 8. The molecule has 0 atom stereocenters. The van der Waals surface area contributed by atoms with Crippen LogP contribution >= 0.6 is 12.6 Å². The van der Waals surface area contributed by atoms with Crippen molar-refractivity contribution in [3.05, 3.63) is 324 Å². The molecule has 0 fully saturated rings. The molecule has 4 aliphatic heterocycles. The summed E-state index contributed by atoms with van der Waals surface area (Å²) in [5.74, 6) is 10.9. The third-order valence-corrected chi connectivity index (χ3v) is 28.7. The summed E-state index contributed by atoms with van der Waals surface area (Å²) >= 11 is 4.64. The maximum absolute atomic E-state index is 9.99. The summed E-state index contributed by atoms with van der Waals surface area (Å²) in [5, 5.41) is 78.0. The number of thiol groups is 1. The van der Waals surface area contributed by atoms with Crippen molar-refractivity contribution in [3.63, 3.8) is 0 Å². The largest absolute Gasteiger partial charge is 0.497 e. The van der Waals surface area contributed by atoms with Gasteiger partial charge in [0.1, 0.15) is 45.8 Å². The Bertz CT molecular complexity index is 7490. The number of hydrogen-bond acceptors (Lipinski definition) is 20. The van der Waals surface area contributed by atoms with Crippen molar-refractivity contribution >= 4 is 79.0 Å². The number of nitrogens with zero attached hydrogens (tertiary/aromatic N) is 8. The van der Waals surface area contributed by atoms with Gasteiger partial charge < -0.3 is 73.6 Å². The van der Waals surface area contributed by atoms with Crippen molar-refractivity contribution in [3.8, 4) is 91.0 Å². The molecule has 7 N–H and O–H groups in total. The average Bonchev–Trinajstić information content (AvgIpc) is 0.728. The predicted octanol–water partition coefficient (Wildman–Crippen LogP) is 16.8. The number of ether oxygens (including phenoxy) is 8. The van der Waals surface area contributed by atoms with Crippen molar-refractivity contribution in [2.45, 2.75) is 129 Å². The standard InChI is InChI=1S/C31H35N2O5.C30H33N2O4.C29H30N2O3S.C29H31N2O3.4W/c1-32(2)31-26-14-23(18-35)22(17-34)13-20(26)15-27-29-21(12-19-6-8-24(36-3)9-7-19)16-28(37-4)30(38-5)25(29)10-11-33(27)31;1-31(2)30-25-14-23(18-34)22(17-33)13-20(25)15-26-28-21(12-19-8-6-5-7-9-19)16-27(35-3)29(36-4)24(28)10-11-32(26)30;1-30(2)29-25-16-27(35)22(17-32)12-20(25)15-26-28-19(9-10-31(26)29)13-24(34-4)14-21(28)11-18-5-7-23(33-3)8-6-18;1-30(2)29-26-15-24(18-33)23(17-32)12-21(26)16-27-28-20(9-10-31(27)29)13-25(34-3)14-22(28)11-19-7-5-4-6-8-19;;;;/h6-9,13-16,34-35H,10-12,17-18H2,1-5H3;5-9,13-16,33-34H,10-12,17-18H2,1-4H3;5-8,12-16,32H,9-11,17H2,1-4H3;4-8,12-16,32-33H,9-11,17-18H2,1-3H3;;;;/q2*+1;;+1;;;;/p+1. The van der Waals surface area contributed by atoms with Crippen LogP contribution in [0.5, 0.6) is 46.0 Å². The Morgan fingerprint density at radius 3 is 0.803 bits per heavy atom. The van der Waals surface area contributed by atoms with Crippen LogP contribution in [0.4, 0.5) is 23.3 Å². The maximum Gasteiger partial charge on any atom is 0.284 e. The van der Waals surface area contributed by atoms with Crippen LogP contribution < -0.4 is 75.8 Å². The van der Waals surface area contributed by atoms with Crippen molar-refractivity contribution in [1.82, 2.24) is 0 Å². The zero-order valence-electron chi connectivity index (χ0n) is 86.3. The van der Waals surface area contributed by atoms with Gasteiger partial charge in [0.05, 0.1) is 207 Å². The SMILES string of the molecule is COc1cc(Cc2ccccc2)c2c(c1OC)CC[n+]1c-2cc2cc(CO)c(CO)cc2c1N(C)C.COc1cc2c(c(Cc3ccccc3)c1)-c1cc3cc(CO)c(CO)cc3c(N(C)C)[n+]1CC2.COc1ccc(Cc2cc(OC)c(OC)c3c2-c2cc4cc(CO)c(CO)cc4c(N(C)C)[n+]2CC3)cc1.COc1ccc(Cc2cc(OC)cc3c2-c2cc4cc(CO)c(S)cc4c(N(C)C)[n+]2CC3)cc1.[W].[W].[W].[W]. The average molecular weight is 2680 g/mol. The zero-order valence-corrected chi connectivity index (χ0v) is 98.9. The van der Waals surface area contributed by atoms with Gasteiger partial charge in [0, 0.05) is 148 Å². The molecule has 0 unspecified atom stereocenters. The van der Waals surface area contributed by atoms with Gasteiger partial charge in [-0.1, -0.05) is 84.9 Å². The molecule has 12 aromatic carbocycles. The van der Waals surface area contributed by atoms with Crippen molar-refractivity contribution in [1.29, 1.82) is 0 Å². The van der Waals surface area contributed by atoms with Crippen LogP contribution in [-0.2, 0) is 208 Å². The summed E-state index contributed by atoms with van der Waals surface area (Å²) in [7, 11) is 30.1. The number of benzene rings is 12. The van der Waals surface area contributed by atoms with E-state index < -0.39 is 0 Å². The van der Waals surface area contributed by atoms with Crippen LogP contribution in [0.25, 0.3) is 88.1 Å². The van der Waals surface area contributed by atoms with Gasteiger partial charge >= 0.3 is 0 Å². The van der Waals surface area contributed by atoms with E-state index in [0.717, 1.165) is 261 Å². The fourth-order valence-corrected chi connectivity index (χ4v) is 22.1. The first-order valence-electron chi connectivity index (χ1n) is 48.4. The third kappa shape index (κ3) is 22.8. The molecular weight excluding hydrogens is 2550 g/mol. The second-order valence-corrected chi connectivity index (χ2v) is 38.1. The smallest absolute Gasteiger partial charge is 0.284 e. The van der Waals surface area contributed by atoms with E-state index in [1.54, 1.807) is 56.9 Å². The van der Waals surface area contributed by atoms with Crippen LogP contribution in [0.3, 0.4) is 0 Å². The normalized spacial score (nSPS) is 11.9. The molecule has 0 saturated carbocycles. The van der Waals surface area contributed by atoms with E-state index >= 15 is 0 Å². The van der Waals surface area contributed by atoms with Crippen molar-refractivity contribution < 1.29 is 176 Å². The van der Waals surface area contributed by atoms with Crippen molar-refractivity contribution in [2.75, 3.05) is 133 Å². The summed E-state index contributed by atoms with van der Waals surface area (Å²) in [6.07, 6.45) is 6.53. The molecule has 0 amide bonds. The fourth-order valence-electron chi connectivity index (χ4n) is 21.8. The van der Waals surface area contributed by atoms with Crippen molar-refractivity contribution in [2.24, 2.45) is 0 Å². The maximum atomic E-state index is 9.99. The molecule has 23 nitrogen and oxygen atoms in total. The number of rotatable bonds is 27. The molecule has 147 heavy (non-hydrogen) atoms. The molecule has 0 saturated heterocycles. The van der Waals surface area contributed by atoms with E-state index in [-0.39, 0.29) is 131 Å². The Kier molecular flexibility index (Phi) is 38.3. The molecule has 4 aliphatic rings. The number of pyridine rings is 4. The second kappa shape index (κ2) is 49.9. The Morgan fingerprint density at radius 2 is 0.524 bits per heavy atom. The Balaban J connectivity index is 0.000000162. The quantitative estimate of drug-likeness (QED) is 0.0176. The predicted molar refractivity (Wildman–Crippen MR) is 569 cm³/mol. The topological polar surface area (TPSA) is 244 Å². The molecular formula is C119H130N8O15SW4+4. The molecule has 20 rings (SSSR count). The van der Waals surface area contributed by atoms with Gasteiger partial charge in [0.2, 0.25) is 0 Å². The molecule has 0 radical (unpaired) electrons. The van der Waals surface area contributed by atoms with Gasteiger partial charge in [0.15, 0.2) is 23.0 Å². The molecule has 762 valence electrons. The van der Waals surface area contributed by atoms with Gasteiger partial charge in [0.25, 0.3) is 23.3 Å². The van der Waals surface area contributed by atoms with E-state index in [2.05, 4.69) is 238 Å². The van der Waals surface area contributed by atoms with E-state index in [9.17, 15) is 35.7 Å². The first-order chi connectivity index (χ1) is 69.4. The minimum atomic E-state index is -0.127. The summed E-state index contributed by atoms with van der Waals surface area (Å²) in [4.78, 5) is 9.39. The minimum Gasteiger partial charge on any atom is -0.497 e. The Morgan fingerprint density at radius 1 is 0.259 bits per heavy atom. The number of anilines is 4. The van der Waals surface area contributed by atoms with Crippen LogP contribution in [0.1, 0.15) is 106 Å².